The average Bonchev–Trinajstić information content (AvgIpc) is 3.74. The van der Waals surface area contributed by atoms with Crippen LogP contribution in [0.5, 0.6) is 11.5 Å². The first kappa shape index (κ1) is 23.2. The molecule has 3 aliphatic rings. The van der Waals surface area contributed by atoms with Gasteiger partial charge < -0.3 is 34.3 Å². The van der Waals surface area contributed by atoms with Crippen molar-refractivity contribution in [3.8, 4) is 23.1 Å². The van der Waals surface area contributed by atoms with Gasteiger partial charge in [-0.3, -0.25) is 9.59 Å². The van der Waals surface area contributed by atoms with Crippen LogP contribution in [0.1, 0.15) is 18.4 Å². The lowest BCUT2D eigenvalue weighted by atomic mass is 10.1. The molecule has 0 spiro atoms. The number of hydrogen-bond acceptors (Lipinski definition) is 9. The van der Waals surface area contributed by atoms with Gasteiger partial charge in [-0.1, -0.05) is 6.07 Å². The van der Waals surface area contributed by atoms with E-state index in [-0.39, 0.29) is 18.6 Å². The fourth-order valence-corrected chi connectivity index (χ4v) is 4.82. The molecule has 192 valence electrons. The van der Waals surface area contributed by atoms with Gasteiger partial charge in [-0.25, -0.2) is 15.0 Å². The van der Waals surface area contributed by atoms with Crippen LogP contribution < -0.4 is 19.7 Å². The normalized spacial score (nSPS) is 20.8. The summed E-state index contributed by atoms with van der Waals surface area (Å²) < 4.78 is 16.4. The summed E-state index contributed by atoms with van der Waals surface area (Å²) in [5.41, 5.74) is 0.876. The molecule has 2 unspecified atom stereocenters. The monoisotopic (exact) mass is 505 g/mol. The number of aromatic nitrogens is 4. The van der Waals surface area contributed by atoms with Crippen molar-refractivity contribution in [1.29, 1.82) is 0 Å². The highest BCUT2D eigenvalue weighted by molar-refractivity contribution is 5.90. The Morgan fingerprint density at radius 3 is 2.86 bits per heavy atom. The Hall–Kier alpha value is -4.19. The molecule has 0 aliphatic carbocycles. The third-order valence-corrected chi connectivity index (χ3v) is 6.75. The second-order valence-corrected chi connectivity index (χ2v) is 9.08. The standard InChI is InChI=1S/C25H27N7O5/c33-24(29-13-16-3-4-18-20(12-16)37-15-36-18)17-14-31(9-10-32(17)25(34)19-2-1-11-35-19)21-5-6-26-23(30-21)22-27-7-8-28-22/h3-8,12,17,19H,1-2,9-11,13-15H2,(H,27,28)(H,29,33). The molecule has 2 atom stereocenters. The smallest absolute Gasteiger partial charge is 0.252 e. The van der Waals surface area contributed by atoms with Crippen molar-refractivity contribution in [3.05, 3.63) is 48.4 Å². The lowest BCUT2D eigenvalue weighted by Crippen LogP contribution is -2.62. The van der Waals surface area contributed by atoms with E-state index >= 15 is 0 Å². The van der Waals surface area contributed by atoms with Gasteiger partial charge in [0.1, 0.15) is 18.0 Å². The van der Waals surface area contributed by atoms with Crippen LogP contribution in [0.2, 0.25) is 0 Å². The van der Waals surface area contributed by atoms with Crippen LogP contribution in [0.15, 0.2) is 42.9 Å². The van der Waals surface area contributed by atoms with Crippen molar-refractivity contribution < 1.29 is 23.8 Å². The number of amides is 2. The van der Waals surface area contributed by atoms with Gasteiger partial charge in [-0.05, 0) is 36.6 Å². The van der Waals surface area contributed by atoms with Crippen LogP contribution in [0, 0.1) is 0 Å². The molecule has 2 aromatic heterocycles. The minimum Gasteiger partial charge on any atom is -0.454 e. The van der Waals surface area contributed by atoms with E-state index < -0.39 is 12.1 Å². The quantitative estimate of drug-likeness (QED) is 0.505. The predicted octanol–water partition coefficient (Wildman–Crippen LogP) is 1.11. The molecular formula is C25H27N7O5. The number of anilines is 1. The highest BCUT2D eigenvalue weighted by atomic mass is 16.7. The van der Waals surface area contributed by atoms with E-state index in [4.69, 9.17) is 14.2 Å². The Morgan fingerprint density at radius 1 is 1.11 bits per heavy atom. The van der Waals surface area contributed by atoms with Gasteiger partial charge in [0.15, 0.2) is 23.1 Å². The minimum absolute atomic E-state index is 0.139. The highest BCUT2D eigenvalue weighted by Crippen LogP contribution is 2.32. The highest BCUT2D eigenvalue weighted by Gasteiger charge is 2.39. The minimum atomic E-state index is -0.707. The lowest BCUT2D eigenvalue weighted by molar-refractivity contribution is -0.148. The summed E-state index contributed by atoms with van der Waals surface area (Å²) in [6.07, 6.45) is 6.03. The molecule has 0 saturated carbocycles. The van der Waals surface area contributed by atoms with Crippen molar-refractivity contribution >= 4 is 17.6 Å². The molecule has 2 fully saturated rings. The molecule has 12 nitrogen and oxygen atoms in total. The van der Waals surface area contributed by atoms with Crippen LogP contribution in [0.3, 0.4) is 0 Å². The summed E-state index contributed by atoms with van der Waals surface area (Å²) in [5.74, 6) is 2.65. The van der Waals surface area contributed by atoms with Gasteiger partial charge in [0, 0.05) is 51.4 Å². The van der Waals surface area contributed by atoms with Crippen LogP contribution in [-0.2, 0) is 20.9 Å². The number of carbonyl (C=O) groups excluding carboxylic acids is 2. The van der Waals surface area contributed by atoms with E-state index in [2.05, 4.69) is 25.3 Å². The fourth-order valence-electron chi connectivity index (χ4n) is 4.82. The van der Waals surface area contributed by atoms with Crippen molar-refractivity contribution in [2.45, 2.75) is 31.5 Å². The van der Waals surface area contributed by atoms with Crippen molar-refractivity contribution in [2.75, 3.05) is 37.9 Å². The largest absolute Gasteiger partial charge is 0.454 e. The van der Waals surface area contributed by atoms with Gasteiger partial charge in [0.05, 0.1) is 0 Å². The Labute approximate surface area is 213 Å². The molecule has 37 heavy (non-hydrogen) atoms. The molecule has 2 N–H and O–H groups in total. The van der Waals surface area contributed by atoms with Gasteiger partial charge in [0.25, 0.3) is 5.91 Å². The number of ether oxygens (including phenoxy) is 3. The molecular weight excluding hydrogens is 478 g/mol. The number of nitrogens with one attached hydrogen (secondary N) is 2. The number of imidazole rings is 1. The van der Waals surface area contributed by atoms with Gasteiger partial charge in [-0.15, -0.1) is 0 Å². The van der Waals surface area contributed by atoms with Gasteiger partial charge in [-0.2, -0.15) is 0 Å². The Bertz CT molecular complexity index is 1280. The van der Waals surface area contributed by atoms with Gasteiger partial charge in [0.2, 0.25) is 12.7 Å². The maximum atomic E-state index is 13.5. The summed E-state index contributed by atoms with van der Waals surface area (Å²) >= 11 is 0. The van der Waals surface area contributed by atoms with E-state index in [0.717, 1.165) is 12.0 Å². The maximum absolute atomic E-state index is 13.5. The van der Waals surface area contributed by atoms with E-state index in [1.807, 2.05) is 23.1 Å². The van der Waals surface area contributed by atoms with E-state index in [1.54, 1.807) is 29.6 Å². The molecule has 0 radical (unpaired) electrons. The molecule has 12 heteroatoms. The topological polar surface area (TPSA) is 135 Å². The zero-order valence-corrected chi connectivity index (χ0v) is 20.1. The molecule has 2 amide bonds. The number of hydrogen-bond donors (Lipinski definition) is 2. The number of H-pyrrole nitrogens is 1. The molecule has 2 saturated heterocycles. The summed E-state index contributed by atoms with van der Waals surface area (Å²) in [6, 6.07) is 6.65. The Kier molecular flexibility index (Phi) is 6.31. The summed E-state index contributed by atoms with van der Waals surface area (Å²) in [5, 5.41) is 3.00. The third-order valence-electron chi connectivity index (χ3n) is 6.75. The first-order valence-electron chi connectivity index (χ1n) is 12.3. The average molecular weight is 506 g/mol. The molecule has 0 bridgehead atoms. The summed E-state index contributed by atoms with van der Waals surface area (Å²) in [7, 11) is 0. The zero-order valence-electron chi connectivity index (χ0n) is 20.1. The van der Waals surface area contributed by atoms with Crippen LogP contribution >= 0.6 is 0 Å². The van der Waals surface area contributed by atoms with Crippen LogP contribution in [0.4, 0.5) is 5.82 Å². The zero-order chi connectivity index (χ0) is 25.2. The van der Waals surface area contributed by atoms with E-state index in [1.165, 1.54) is 0 Å². The Balaban J connectivity index is 1.20. The molecule has 1 aromatic carbocycles. The number of rotatable bonds is 6. The maximum Gasteiger partial charge on any atom is 0.252 e. The van der Waals surface area contributed by atoms with E-state index in [0.29, 0.717) is 68.2 Å². The molecule has 5 heterocycles. The number of carbonyl (C=O) groups is 2. The molecule has 6 rings (SSSR count). The van der Waals surface area contributed by atoms with Crippen molar-refractivity contribution in [2.24, 2.45) is 0 Å². The predicted molar refractivity (Wildman–Crippen MR) is 131 cm³/mol. The number of aromatic amines is 1. The van der Waals surface area contributed by atoms with Gasteiger partial charge >= 0.3 is 0 Å². The fraction of sp³-hybridized carbons (Fsp3) is 0.400. The first-order valence-corrected chi connectivity index (χ1v) is 12.3. The second kappa shape index (κ2) is 10.1. The third kappa shape index (κ3) is 4.79. The van der Waals surface area contributed by atoms with Crippen molar-refractivity contribution in [3.63, 3.8) is 0 Å². The number of piperazine rings is 1. The lowest BCUT2D eigenvalue weighted by Gasteiger charge is -2.41. The molecule has 3 aliphatic heterocycles. The van der Waals surface area contributed by atoms with Crippen LogP contribution in [0.25, 0.3) is 11.6 Å². The summed E-state index contributed by atoms with van der Waals surface area (Å²) in [4.78, 5) is 46.6. The number of nitrogens with zero attached hydrogens (tertiary/aromatic N) is 5. The number of benzene rings is 1. The SMILES string of the molecule is O=C(NCc1ccc2c(c1)OCO2)C1CN(c2ccnc(-c3ncc[nH]3)n2)CCN1C(=O)C1CCCO1. The summed E-state index contributed by atoms with van der Waals surface area (Å²) in [6.45, 7) is 2.24. The molecule has 3 aromatic rings. The van der Waals surface area contributed by atoms with Crippen molar-refractivity contribution in [1.82, 2.24) is 30.2 Å². The van der Waals surface area contributed by atoms with Crippen LogP contribution in [-0.4, -0.2) is 81.8 Å². The Morgan fingerprint density at radius 2 is 2.03 bits per heavy atom. The second-order valence-electron chi connectivity index (χ2n) is 9.08. The number of fused-ring (bicyclic) bond motifs is 1. The first-order chi connectivity index (χ1) is 18.2. The van der Waals surface area contributed by atoms with E-state index in [9.17, 15) is 9.59 Å².